The molecule has 1 nitrogen and oxygen atoms in total. The minimum Gasteiger partial charge on any atom is -0.370 e. The summed E-state index contributed by atoms with van der Waals surface area (Å²) in [5.74, 6) is 0. The van der Waals surface area contributed by atoms with E-state index in [0.717, 1.165) is 0 Å². The highest BCUT2D eigenvalue weighted by atomic mass is 16.6. The summed E-state index contributed by atoms with van der Waals surface area (Å²) in [4.78, 5) is 0. The van der Waals surface area contributed by atoms with Crippen LogP contribution < -0.4 is 0 Å². The lowest BCUT2D eigenvalue weighted by Crippen LogP contribution is -1.91. The highest BCUT2D eigenvalue weighted by Gasteiger charge is 2.35. The molecule has 0 unspecified atom stereocenters. The fourth-order valence-corrected chi connectivity index (χ4v) is 1.74. The number of ether oxygens (including phenoxy) is 1. The Balaban J connectivity index is 1.78. The van der Waals surface area contributed by atoms with Crippen LogP contribution in [0.2, 0.25) is 0 Å². The van der Waals surface area contributed by atoms with Gasteiger partial charge in [-0.25, -0.2) is 0 Å². The molecule has 0 radical (unpaired) electrons. The summed E-state index contributed by atoms with van der Waals surface area (Å²) in [6.45, 7) is 4.47. The molecule has 0 bridgehead atoms. The molecule has 1 saturated heterocycles. The first-order chi connectivity index (χ1) is 5.88. The molecular weight excluding hydrogens is 148 g/mol. The average Bonchev–Trinajstić information content (AvgIpc) is 2.83. The molecule has 1 rings (SSSR count). The van der Waals surface area contributed by atoms with Gasteiger partial charge in [0.15, 0.2) is 0 Å². The van der Waals surface area contributed by atoms with E-state index >= 15 is 0 Å². The molecule has 12 heavy (non-hydrogen) atoms. The summed E-state index contributed by atoms with van der Waals surface area (Å²) < 4.78 is 5.47. The van der Waals surface area contributed by atoms with E-state index in [-0.39, 0.29) is 0 Å². The van der Waals surface area contributed by atoms with Gasteiger partial charge in [-0.3, -0.25) is 0 Å². The van der Waals surface area contributed by atoms with Gasteiger partial charge in [0.1, 0.15) is 0 Å². The van der Waals surface area contributed by atoms with Gasteiger partial charge in [0.05, 0.1) is 12.2 Å². The van der Waals surface area contributed by atoms with Crippen molar-refractivity contribution in [3.05, 3.63) is 0 Å². The smallest absolute Gasteiger partial charge is 0.0841 e. The molecule has 1 heterocycles. The van der Waals surface area contributed by atoms with Gasteiger partial charge in [0.2, 0.25) is 0 Å². The zero-order valence-electron chi connectivity index (χ0n) is 8.51. The van der Waals surface area contributed by atoms with Gasteiger partial charge < -0.3 is 4.74 Å². The standard InChI is InChI=1S/C11H22O/c1-3-5-6-7-8-9-11-10(4-2)12-11/h10-11H,3-9H2,1-2H3/t10-,11+/m1/s1. The lowest BCUT2D eigenvalue weighted by Gasteiger charge is -1.96. The highest BCUT2D eigenvalue weighted by molar-refractivity contribution is 4.82. The summed E-state index contributed by atoms with van der Waals surface area (Å²) in [7, 11) is 0. The first kappa shape index (κ1) is 10.0. The Morgan fingerprint density at radius 1 is 0.917 bits per heavy atom. The van der Waals surface area contributed by atoms with E-state index in [1.807, 2.05) is 0 Å². The average molecular weight is 170 g/mol. The Morgan fingerprint density at radius 3 is 2.25 bits per heavy atom. The molecule has 0 aromatic carbocycles. The summed E-state index contributed by atoms with van der Waals surface area (Å²) in [5, 5.41) is 0. The lowest BCUT2D eigenvalue weighted by atomic mass is 10.1. The van der Waals surface area contributed by atoms with Gasteiger partial charge in [-0.2, -0.15) is 0 Å². The van der Waals surface area contributed by atoms with E-state index in [0.29, 0.717) is 12.2 Å². The molecule has 0 aromatic rings. The Labute approximate surface area is 76.5 Å². The molecule has 1 aliphatic rings. The molecule has 0 N–H and O–H groups in total. The predicted octanol–water partition coefficient (Wildman–Crippen LogP) is 3.52. The molecule has 0 aliphatic carbocycles. The molecule has 0 spiro atoms. The normalized spacial score (nSPS) is 27.5. The number of unbranched alkanes of at least 4 members (excludes halogenated alkanes) is 4. The Kier molecular flexibility index (Phi) is 4.67. The molecule has 0 saturated carbocycles. The summed E-state index contributed by atoms with van der Waals surface area (Å²) in [6.07, 6.45) is 10.7. The molecule has 2 atom stereocenters. The quantitative estimate of drug-likeness (QED) is 0.420. The van der Waals surface area contributed by atoms with E-state index < -0.39 is 0 Å². The largest absolute Gasteiger partial charge is 0.370 e. The molecule has 72 valence electrons. The Hall–Kier alpha value is -0.0400. The lowest BCUT2D eigenvalue weighted by molar-refractivity contribution is 0.355. The molecule has 0 aromatic heterocycles. The van der Waals surface area contributed by atoms with E-state index in [4.69, 9.17) is 4.74 Å². The van der Waals surface area contributed by atoms with Crippen LogP contribution in [0.1, 0.15) is 58.8 Å². The van der Waals surface area contributed by atoms with Crippen LogP contribution in [0.15, 0.2) is 0 Å². The van der Waals surface area contributed by atoms with E-state index in [1.165, 1.54) is 44.9 Å². The molecular formula is C11H22O. The Bertz CT molecular complexity index is 112. The van der Waals surface area contributed by atoms with Gasteiger partial charge in [-0.15, -0.1) is 0 Å². The summed E-state index contributed by atoms with van der Waals surface area (Å²) >= 11 is 0. The summed E-state index contributed by atoms with van der Waals surface area (Å²) in [6, 6.07) is 0. The van der Waals surface area contributed by atoms with Crippen molar-refractivity contribution >= 4 is 0 Å². The maximum Gasteiger partial charge on any atom is 0.0841 e. The van der Waals surface area contributed by atoms with Crippen molar-refractivity contribution in [3.8, 4) is 0 Å². The zero-order valence-corrected chi connectivity index (χ0v) is 8.51. The third-order valence-corrected chi connectivity index (χ3v) is 2.68. The first-order valence-corrected chi connectivity index (χ1v) is 5.54. The second kappa shape index (κ2) is 5.58. The van der Waals surface area contributed by atoms with E-state index in [9.17, 15) is 0 Å². The van der Waals surface area contributed by atoms with Crippen LogP contribution in [0, 0.1) is 0 Å². The second-order valence-electron chi connectivity index (χ2n) is 3.82. The van der Waals surface area contributed by atoms with Crippen LogP contribution >= 0.6 is 0 Å². The van der Waals surface area contributed by atoms with Gasteiger partial charge in [0, 0.05) is 0 Å². The fourth-order valence-electron chi connectivity index (χ4n) is 1.74. The monoisotopic (exact) mass is 170 g/mol. The van der Waals surface area contributed by atoms with Crippen LogP contribution in [0.5, 0.6) is 0 Å². The van der Waals surface area contributed by atoms with Crippen LogP contribution in [0.25, 0.3) is 0 Å². The minimum atomic E-state index is 0.621. The minimum absolute atomic E-state index is 0.621. The fraction of sp³-hybridized carbons (Fsp3) is 1.00. The van der Waals surface area contributed by atoms with Crippen molar-refractivity contribution in [2.45, 2.75) is 71.0 Å². The van der Waals surface area contributed by atoms with Gasteiger partial charge in [0.25, 0.3) is 0 Å². The summed E-state index contributed by atoms with van der Waals surface area (Å²) in [5.41, 5.74) is 0. The third-order valence-electron chi connectivity index (χ3n) is 2.68. The number of hydrogen-bond acceptors (Lipinski definition) is 1. The van der Waals surface area contributed by atoms with Crippen molar-refractivity contribution in [1.82, 2.24) is 0 Å². The zero-order chi connectivity index (χ0) is 8.81. The number of hydrogen-bond donors (Lipinski definition) is 0. The van der Waals surface area contributed by atoms with Crippen molar-refractivity contribution in [1.29, 1.82) is 0 Å². The van der Waals surface area contributed by atoms with E-state index in [2.05, 4.69) is 13.8 Å². The maximum absolute atomic E-state index is 5.47. The van der Waals surface area contributed by atoms with Crippen molar-refractivity contribution in [2.75, 3.05) is 0 Å². The number of rotatable bonds is 7. The molecule has 1 fully saturated rings. The second-order valence-corrected chi connectivity index (χ2v) is 3.82. The van der Waals surface area contributed by atoms with Crippen LogP contribution in [-0.4, -0.2) is 12.2 Å². The predicted molar refractivity (Wildman–Crippen MR) is 52.3 cm³/mol. The van der Waals surface area contributed by atoms with Gasteiger partial charge in [-0.1, -0.05) is 46.0 Å². The SMILES string of the molecule is CCCCCCC[C@@H]1O[C@@H]1CC. The van der Waals surface area contributed by atoms with Crippen molar-refractivity contribution < 1.29 is 4.74 Å². The topological polar surface area (TPSA) is 12.5 Å². The van der Waals surface area contributed by atoms with Crippen molar-refractivity contribution in [3.63, 3.8) is 0 Å². The van der Waals surface area contributed by atoms with Crippen molar-refractivity contribution in [2.24, 2.45) is 0 Å². The van der Waals surface area contributed by atoms with E-state index in [1.54, 1.807) is 0 Å². The molecule has 1 heteroatoms. The van der Waals surface area contributed by atoms with Gasteiger partial charge in [-0.05, 0) is 12.8 Å². The van der Waals surface area contributed by atoms with Crippen LogP contribution in [-0.2, 0) is 4.74 Å². The molecule has 1 aliphatic heterocycles. The van der Waals surface area contributed by atoms with Crippen LogP contribution in [0.4, 0.5) is 0 Å². The Morgan fingerprint density at radius 2 is 1.67 bits per heavy atom. The molecule has 0 amide bonds. The highest BCUT2D eigenvalue weighted by Crippen LogP contribution is 2.29. The first-order valence-electron chi connectivity index (χ1n) is 5.54. The van der Waals surface area contributed by atoms with Crippen LogP contribution in [0.3, 0.4) is 0 Å². The van der Waals surface area contributed by atoms with Gasteiger partial charge >= 0.3 is 0 Å². The third kappa shape index (κ3) is 3.57. The maximum atomic E-state index is 5.47. The number of epoxide rings is 1.